The van der Waals surface area contributed by atoms with Crippen LogP contribution in [-0.2, 0) is 9.59 Å². The number of amides is 2. The Morgan fingerprint density at radius 1 is 1.14 bits per heavy atom. The van der Waals surface area contributed by atoms with Crippen molar-refractivity contribution in [2.75, 3.05) is 16.3 Å². The van der Waals surface area contributed by atoms with E-state index in [2.05, 4.69) is 0 Å². The molecule has 1 aliphatic heterocycles. The van der Waals surface area contributed by atoms with Gasteiger partial charge in [0.1, 0.15) is 6.54 Å². The highest BCUT2D eigenvalue weighted by atomic mass is 16.2. The third kappa shape index (κ3) is 2.43. The van der Waals surface area contributed by atoms with Crippen molar-refractivity contribution < 1.29 is 9.59 Å². The molecule has 4 nitrogen and oxygen atoms in total. The third-order valence-corrected chi connectivity index (χ3v) is 4.48. The van der Waals surface area contributed by atoms with E-state index < -0.39 is 0 Å². The molecule has 0 bridgehead atoms. The van der Waals surface area contributed by atoms with Crippen LogP contribution in [0, 0.1) is 5.92 Å². The average Bonchev–Trinajstić information content (AvgIpc) is 2.99. The molecular weight excluding hydrogens is 264 g/mol. The van der Waals surface area contributed by atoms with Crippen molar-refractivity contribution in [2.45, 2.75) is 45.6 Å². The number of rotatable bonds is 2. The summed E-state index contributed by atoms with van der Waals surface area (Å²) in [6.45, 7) is 4.18. The Morgan fingerprint density at radius 3 is 2.38 bits per heavy atom. The van der Waals surface area contributed by atoms with Gasteiger partial charge in [-0.25, -0.2) is 0 Å². The van der Waals surface area contributed by atoms with E-state index in [9.17, 15) is 9.59 Å². The fraction of sp³-hybridized carbons (Fsp3) is 0.529. The molecule has 0 atom stereocenters. The number of hydrogen-bond donors (Lipinski definition) is 0. The van der Waals surface area contributed by atoms with Crippen molar-refractivity contribution in [3.63, 3.8) is 0 Å². The van der Waals surface area contributed by atoms with Crippen molar-refractivity contribution in [3.8, 4) is 0 Å². The number of nitrogens with zero attached hydrogens (tertiary/aromatic N) is 2. The van der Waals surface area contributed by atoms with E-state index >= 15 is 0 Å². The van der Waals surface area contributed by atoms with E-state index in [4.69, 9.17) is 0 Å². The molecule has 112 valence electrons. The number of benzene rings is 1. The molecule has 0 radical (unpaired) electrons. The Hall–Kier alpha value is -1.84. The molecule has 1 fully saturated rings. The summed E-state index contributed by atoms with van der Waals surface area (Å²) in [5.41, 5.74) is 1.73. The molecule has 2 amide bonds. The zero-order valence-electron chi connectivity index (χ0n) is 12.7. The van der Waals surface area contributed by atoms with Gasteiger partial charge in [0, 0.05) is 12.0 Å². The average molecular weight is 286 g/mol. The first-order valence-electron chi connectivity index (χ1n) is 7.82. The second-order valence-electron chi connectivity index (χ2n) is 6.25. The van der Waals surface area contributed by atoms with E-state index in [-0.39, 0.29) is 30.3 Å². The zero-order chi connectivity index (χ0) is 15.0. The SMILES string of the molecule is CC(C)N1C(=O)CN(C(=O)C2CCCC2)c2ccccc21. The van der Waals surface area contributed by atoms with Crippen LogP contribution < -0.4 is 9.80 Å². The maximum Gasteiger partial charge on any atom is 0.247 e. The quantitative estimate of drug-likeness (QED) is 0.838. The first kappa shape index (κ1) is 14.1. The summed E-state index contributed by atoms with van der Waals surface area (Å²) in [4.78, 5) is 28.7. The molecule has 0 unspecified atom stereocenters. The Morgan fingerprint density at radius 2 is 1.76 bits per heavy atom. The molecule has 1 aromatic carbocycles. The van der Waals surface area contributed by atoms with Gasteiger partial charge in [0.15, 0.2) is 0 Å². The Labute approximate surface area is 125 Å². The first-order chi connectivity index (χ1) is 10.1. The fourth-order valence-corrected chi connectivity index (χ4v) is 3.48. The molecule has 2 aliphatic rings. The van der Waals surface area contributed by atoms with Crippen LogP contribution in [0.1, 0.15) is 39.5 Å². The number of para-hydroxylation sites is 2. The Balaban J connectivity index is 1.97. The molecule has 1 saturated carbocycles. The van der Waals surface area contributed by atoms with Gasteiger partial charge in [-0.15, -0.1) is 0 Å². The highest BCUT2D eigenvalue weighted by Crippen LogP contribution is 2.37. The van der Waals surface area contributed by atoms with Gasteiger partial charge < -0.3 is 9.80 Å². The molecule has 3 rings (SSSR count). The van der Waals surface area contributed by atoms with Crippen LogP contribution in [0.3, 0.4) is 0 Å². The minimum absolute atomic E-state index is 0.00930. The molecule has 1 aromatic rings. The van der Waals surface area contributed by atoms with Crippen molar-refractivity contribution in [1.29, 1.82) is 0 Å². The summed E-state index contributed by atoms with van der Waals surface area (Å²) >= 11 is 0. The Kier molecular flexibility index (Phi) is 3.70. The van der Waals surface area contributed by atoms with Gasteiger partial charge >= 0.3 is 0 Å². The second kappa shape index (κ2) is 5.51. The van der Waals surface area contributed by atoms with E-state index in [0.717, 1.165) is 37.1 Å². The van der Waals surface area contributed by atoms with Gasteiger partial charge in [0.2, 0.25) is 11.8 Å². The van der Waals surface area contributed by atoms with Gasteiger partial charge in [-0.2, -0.15) is 0 Å². The van der Waals surface area contributed by atoms with Gasteiger partial charge in [0.25, 0.3) is 0 Å². The Bertz CT molecular complexity index is 562. The van der Waals surface area contributed by atoms with Crippen LogP contribution in [-0.4, -0.2) is 24.4 Å². The third-order valence-electron chi connectivity index (χ3n) is 4.48. The molecule has 1 heterocycles. The molecule has 0 saturated heterocycles. The molecule has 1 aliphatic carbocycles. The fourth-order valence-electron chi connectivity index (χ4n) is 3.48. The lowest BCUT2D eigenvalue weighted by molar-refractivity contribution is -0.125. The van der Waals surface area contributed by atoms with Crippen LogP contribution >= 0.6 is 0 Å². The number of anilines is 2. The summed E-state index contributed by atoms with van der Waals surface area (Å²) in [5.74, 6) is 0.225. The molecular formula is C17H22N2O2. The van der Waals surface area contributed by atoms with Gasteiger partial charge in [-0.3, -0.25) is 9.59 Å². The predicted octanol–water partition coefficient (Wildman–Crippen LogP) is 2.96. The maximum absolute atomic E-state index is 12.7. The molecule has 0 aromatic heterocycles. The lowest BCUT2D eigenvalue weighted by atomic mass is 10.0. The summed E-state index contributed by atoms with van der Waals surface area (Å²) in [7, 11) is 0. The second-order valence-corrected chi connectivity index (χ2v) is 6.25. The molecule has 0 spiro atoms. The minimum Gasteiger partial charge on any atom is -0.306 e. The van der Waals surface area contributed by atoms with Crippen LogP contribution in [0.25, 0.3) is 0 Å². The monoisotopic (exact) mass is 286 g/mol. The minimum atomic E-state index is 0.00930. The summed E-state index contributed by atoms with van der Waals surface area (Å²) in [6, 6.07) is 7.83. The number of fused-ring (bicyclic) bond motifs is 1. The maximum atomic E-state index is 12.7. The van der Waals surface area contributed by atoms with Gasteiger partial charge in [-0.1, -0.05) is 25.0 Å². The summed E-state index contributed by atoms with van der Waals surface area (Å²) in [6.07, 6.45) is 4.16. The summed E-state index contributed by atoms with van der Waals surface area (Å²) < 4.78 is 0. The topological polar surface area (TPSA) is 40.6 Å². The van der Waals surface area contributed by atoms with Crippen LogP contribution in [0.4, 0.5) is 11.4 Å². The highest BCUT2D eigenvalue weighted by molar-refractivity contribution is 6.11. The lowest BCUT2D eigenvalue weighted by Crippen LogP contribution is -2.51. The van der Waals surface area contributed by atoms with Crippen molar-refractivity contribution >= 4 is 23.2 Å². The normalized spacial score (nSPS) is 19.3. The molecule has 21 heavy (non-hydrogen) atoms. The van der Waals surface area contributed by atoms with Crippen molar-refractivity contribution in [3.05, 3.63) is 24.3 Å². The summed E-state index contributed by atoms with van der Waals surface area (Å²) in [5, 5.41) is 0. The van der Waals surface area contributed by atoms with Gasteiger partial charge in [0.05, 0.1) is 11.4 Å². The highest BCUT2D eigenvalue weighted by Gasteiger charge is 2.36. The van der Waals surface area contributed by atoms with Crippen molar-refractivity contribution in [2.24, 2.45) is 5.92 Å². The predicted molar refractivity (Wildman–Crippen MR) is 83.4 cm³/mol. The number of carbonyl (C=O) groups is 2. The van der Waals surface area contributed by atoms with E-state index in [0.29, 0.717) is 0 Å². The smallest absolute Gasteiger partial charge is 0.247 e. The first-order valence-corrected chi connectivity index (χ1v) is 7.82. The van der Waals surface area contributed by atoms with E-state index in [1.807, 2.05) is 38.1 Å². The number of hydrogen-bond acceptors (Lipinski definition) is 2. The molecule has 4 heteroatoms. The zero-order valence-corrected chi connectivity index (χ0v) is 12.7. The standard InChI is InChI=1S/C17H22N2O2/c1-12(2)19-15-10-6-5-9-14(15)18(11-16(19)20)17(21)13-7-3-4-8-13/h5-6,9-10,12-13H,3-4,7-8,11H2,1-2H3. The van der Waals surface area contributed by atoms with Crippen LogP contribution in [0.15, 0.2) is 24.3 Å². The van der Waals surface area contributed by atoms with Crippen molar-refractivity contribution in [1.82, 2.24) is 0 Å². The largest absolute Gasteiger partial charge is 0.306 e. The van der Waals surface area contributed by atoms with E-state index in [1.54, 1.807) is 9.80 Å². The van der Waals surface area contributed by atoms with Gasteiger partial charge in [-0.05, 0) is 38.8 Å². The van der Waals surface area contributed by atoms with Crippen LogP contribution in [0.2, 0.25) is 0 Å². The molecule has 0 N–H and O–H groups in total. The van der Waals surface area contributed by atoms with E-state index in [1.165, 1.54) is 0 Å². The number of carbonyl (C=O) groups excluding carboxylic acids is 2. The van der Waals surface area contributed by atoms with Crippen LogP contribution in [0.5, 0.6) is 0 Å². The lowest BCUT2D eigenvalue weighted by Gasteiger charge is -2.39.